The van der Waals surface area contributed by atoms with Gasteiger partial charge >= 0.3 is 0 Å². The number of anilines is 1. The standard InChI is InChI=1S/C17H16N4O2S/c1-11-7-12(2)9-13(8-11)19-15(22)10-24-17-21-20-16(23-17)14-5-3-4-6-18-14/h3-9H,10H2,1-2H3,(H,19,22). The average Bonchev–Trinajstić information content (AvgIpc) is 3.02. The van der Waals surface area contributed by atoms with Gasteiger partial charge in [-0.25, -0.2) is 0 Å². The number of hydrogen-bond acceptors (Lipinski definition) is 6. The van der Waals surface area contributed by atoms with Crippen LogP contribution in [0.3, 0.4) is 0 Å². The summed E-state index contributed by atoms with van der Waals surface area (Å²) < 4.78 is 5.51. The molecule has 6 nitrogen and oxygen atoms in total. The summed E-state index contributed by atoms with van der Waals surface area (Å²) in [6.45, 7) is 3.99. The third-order valence-electron chi connectivity index (χ3n) is 3.12. The minimum absolute atomic E-state index is 0.123. The zero-order chi connectivity index (χ0) is 16.9. The second-order valence-corrected chi connectivity index (χ2v) is 6.23. The number of aryl methyl sites for hydroxylation is 2. The lowest BCUT2D eigenvalue weighted by Crippen LogP contribution is -2.14. The highest BCUT2D eigenvalue weighted by Crippen LogP contribution is 2.22. The second kappa shape index (κ2) is 7.27. The number of thioether (sulfide) groups is 1. The molecule has 3 aromatic rings. The lowest BCUT2D eigenvalue weighted by atomic mass is 10.1. The van der Waals surface area contributed by atoms with E-state index in [0.717, 1.165) is 16.8 Å². The summed E-state index contributed by atoms with van der Waals surface area (Å²) in [6, 6.07) is 11.4. The normalized spacial score (nSPS) is 10.6. The van der Waals surface area contributed by atoms with E-state index >= 15 is 0 Å². The maximum absolute atomic E-state index is 12.1. The van der Waals surface area contributed by atoms with E-state index in [2.05, 4.69) is 26.6 Å². The van der Waals surface area contributed by atoms with Gasteiger partial charge in [0.25, 0.3) is 11.1 Å². The van der Waals surface area contributed by atoms with E-state index in [9.17, 15) is 4.79 Å². The molecule has 0 atom stereocenters. The van der Waals surface area contributed by atoms with Crippen molar-refractivity contribution in [3.8, 4) is 11.6 Å². The van der Waals surface area contributed by atoms with Crippen molar-refractivity contribution in [2.45, 2.75) is 19.1 Å². The second-order valence-electron chi connectivity index (χ2n) is 5.30. The molecule has 0 aliphatic heterocycles. The number of amides is 1. The van der Waals surface area contributed by atoms with Gasteiger partial charge in [0, 0.05) is 11.9 Å². The molecule has 2 heterocycles. The molecule has 24 heavy (non-hydrogen) atoms. The highest BCUT2D eigenvalue weighted by Gasteiger charge is 2.12. The summed E-state index contributed by atoms with van der Waals surface area (Å²) in [4.78, 5) is 16.2. The Balaban J connectivity index is 1.58. The number of rotatable bonds is 5. The van der Waals surface area contributed by atoms with Crippen molar-refractivity contribution in [2.24, 2.45) is 0 Å². The summed E-state index contributed by atoms with van der Waals surface area (Å²) in [7, 11) is 0. The molecule has 1 amide bonds. The SMILES string of the molecule is Cc1cc(C)cc(NC(=O)CSc2nnc(-c3ccccn3)o2)c1. The fraction of sp³-hybridized carbons (Fsp3) is 0.176. The Kier molecular flexibility index (Phi) is 4.90. The molecule has 0 spiro atoms. The number of pyridine rings is 1. The molecule has 0 aliphatic carbocycles. The maximum atomic E-state index is 12.1. The number of nitrogens with one attached hydrogen (secondary N) is 1. The summed E-state index contributed by atoms with van der Waals surface area (Å²) in [5.74, 6) is 0.409. The molecule has 1 aromatic carbocycles. The van der Waals surface area contributed by atoms with Gasteiger partial charge in [-0.2, -0.15) is 0 Å². The van der Waals surface area contributed by atoms with E-state index in [1.807, 2.05) is 38.1 Å². The molecule has 0 radical (unpaired) electrons. The van der Waals surface area contributed by atoms with Crippen LogP contribution in [0.25, 0.3) is 11.6 Å². The number of hydrogen-bond donors (Lipinski definition) is 1. The Bertz CT molecular complexity index is 829. The predicted octanol–water partition coefficient (Wildman–Crippen LogP) is 3.48. The number of carbonyl (C=O) groups is 1. The summed E-state index contributed by atoms with van der Waals surface area (Å²) in [5, 5.41) is 11.1. The van der Waals surface area contributed by atoms with Crippen LogP contribution in [0.2, 0.25) is 0 Å². The van der Waals surface area contributed by atoms with Crippen molar-refractivity contribution in [3.63, 3.8) is 0 Å². The van der Waals surface area contributed by atoms with Gasteiger partial charge < -0.3 is 9.73 Å². The van der Waals surface area contributed by atoms with Crippen LogP contribution in [0.15, 0.2) is 52.2 Å². The first-order valence-electron chi connectivity index (χ1n) is 7.36. The number of nitrogens with zero attached hydrogens (tertiary/aromatic N) is 3. The largest absolute Gasteiger partial charge is 0.410 e. The highest BCUT2D eigenvalue weighted by atomic mass is 32.2. The van der Waals surface area contributed by atoms with Crippen LogP contribution in [-0.4, -0.2) is 26.8 Å². The molecule has 2 aromatic heterocycles. The smallest absolute Gasteiger partial charge is 0.277 e. The number of carbonyl (C=O) groups excluding carboxylic acids is 1. The summed E-state index contributed by atoms with van der Waals surface area (Å²) in [5.41, 5.74) is 3.61. The molecule has 0 unspecified atom stereocenters. The molecule has 0 aliphatic rings. The first kappa shape index (κ1) is 16.2. The maximum Gasteiger partial charge on any atom is 0.277 e. The van der Waals surface area contributed by atoms with Crippen LogP contribution >= 0.6 is 11.8 Å². The predicted molar refractivity (Wildman–Crippen MR) is 92.8 cm³/mol. The third-order valence-corrected chi connectivity index (χ3v) is 3.94. The van der Waals surface area contributed by atoms with Crippen molar-refractivity contribution < 1.29 is 9.21 Å². The summed E-state index contributed by atoms with van der Waals surface area (Å²) in [6.07, 6.45) is 1.66. The number of aromatic nitrogens is 3. The van der Waals surface area contributed by atoms with Crippen LogP contribution in [0.5, 0.6) is 0 Å². The van der Waals surface area contributed by atoms with Crippen LogP contribution in [-0.2, 0) is 4.79 Å². The molecule has 122 valence electrons. The third kappa shape index (κ3) is 4.20. The Hall–Kier alpha value is -2.67. The van der Waals surface area contributed by atoms with E-state index in [1.54, 1.807) is 12.3 Å². The van der Waals surface area contributed by atoms with E-state index in [0.29, 0.717) is 16.8 Å². The molecular weight excluding hydrogens is 324 g/mol. The quantitative estimate of drug-likeness (QED) is 0.716. The zero-order valence-corrected chi connectivity index (χ0v) is 14.1. The van der Waals surface area contributed by atoms with Gasteiger partial charge in [-0.3, -0.25) is 9.78 Å². The van der Waals surface area contributed by atoms with Gasteiger partial charge in [0.1, 0.15) is 5.69 Å². The van der Waals surface area contributed by atoms with Gasteiger partial charge in [-0.05, 0) is 49.2 Å². The van der Waals surface area contributed by atoms with E-state index in [1.165, 1.54) is 11.8 Å². The van der Waals surface area contributed by atoms with Gasteiger partial charge in [0.2, 0.25) is 5.91 Å². The fourth-order valence-corrected chi connectivity index (χ4v) is 2.80. The topological polar surface area (TPSA) is 80.9 Å². The van der Waals surface area contributed by atoms with Crippen LogP contribution in [0.4, 0.5) is 5.69 Å². The average molecular weight is 340 g/mol. The van der Waals surface area contributed by atoms with Gasteiger partial charge in [0.15, 0.2) is 0 Å². The molecule has 7 heteroatoms. The molecule has 3 rings (SSSR count). The molecular formula is C17H16N4O2S. The van der Waals surface area contributed by atoms with Crippen molar-refractivity contribution in [1.29, 1.82) is 0 Å². The van der Waals surface area contributed by atoms with E-state index < -0.39 is 0 Å². The molecule has 0 saturated heterocycles. The Morgan fingerprint density at radius 3 is 2.67 bits per heavy atom. The van der Waals surface area contributed by atoms with Gasteiger partial charge in [0.05, 0.1) is 5.75 Å². The monoisotopic (exact) mass is 340 g/mol. The lowest BCUT2D eigenvalue weighted by molar-refractivity contribution is -0.113. The molecule has 1 N–H and O–H groups in total. The fourth-order valence-electron chi connectivity index (χ4n) is 2.23. The summed E-state index contributed by atoms with van der Waals surface area (Å²) >= 11 is 1.19. The Labute approximate surface area is 143 Å². The molecule has 0 saturated carbocycles. The number of benzene rings is 1. The minimum Gasteiger partial charge on any atom is -0.410 e. The van der Waals surface area contributed by atoms with Crippen LogP contribution < -0.4 is 5.32 Å². The van der Waals surface area contributed by atoms with Gasteiger partial charge in [-0.1, -0.05) is 23.9 Å². The van der Waals surface area contributed by atoms with Crippen LogP contribution in [0, 0.1) is 13.8 Å². The zero-order valence-electron chi connectivity index (χ0n) is 13.3. The van der Waals surface area contributed by atoms with Crippen LogP contribution in [0.1, 0.15) is 11.1 Å². The van der Waals surface area contributed by atoms with E-state index in [-0.39, 0.29) is 11.7 Å². The minimum atomic E-state index is -0.123. The van der Waals surface area contributed by atoms with Crippen molar-refractivity contribution in [3.05, 3.63) is 53.7 Å². The van der Waals surface area contributed by atoms with Gasteiger partial charge in [-0.15, -0.1) is 10.2 Å². The van der Waals surface area contributed by atoms with Crippen molar-refractivity contribution in [2.75, 3.05) is 11.1 Å². The van der Waals surface area contributed by atoms with Crippen molar-refractivity contribution in [1.82, 2.24) is 15.2 Å². The highest BCUT2D eigenvalue weighted by molar-refractivity contribution is 7.99. The first-order chi connectivity index (χ1) is 11.6. The Morgan fingerprint density at radius 1 is 1.17 bits per heavy atom. The van der Waals surface area contributed by atoms with Crippen molar-refractivity contribution >= 4 is 23.4 Å². The lowest BCUT2D eigenvalue weighted by Gasteiger charge is -2.06. The first-order valence-corrected chi connectivity index (χ1v) is 8.34. The van der Waals surface area contributed by atoms with E-state index in [4.69, 9.17) is 4.42 Å². The Morgan fingerprint density at radius 2 is 1.96 bits per heavy atom. The molecule has 0 bridgehead atoms. The molecule has 0 fully saturated rings.